The van der Waals surface area contributed by atoms with Crippen LogP contribution in [0.5, 0.6) is 0 Å². The van der Waals surface area contributed by atoms with Gasteiger partial charge in [-0.25, -0.2) is 35.6 Å². The third kappa shape index (κ3) is 9.98. The van der Waals surface area contributed by atoms with E-state index in [4.69, 9.17) is 10.2 Å². The lowest BCUT2D eigenvalue weighted by molar-refractivity contribution is -0.127. The minimum Gasteiger partial charge on any atom is -0.273 e. The Morgan fingerprint density at radius 2 is 1.16 bits per heavy atom. The second kappa shape index (κ2) is 18.9. The van der Waals surface area contributed by atoms with Gasteiger partial charge in [-0.1, -0.05) is 90.6 Å². The van der Waals surface area contributed by atoms with Crippen molar-refractivity contribution in [1.29, 1.82) is 0 Å². The van der Waals surface area contributed by atoms with Gasteiger partial charge in [0.05, 0.1) is 59.3 Å². The molecule has 4 aromatic carbocycles. The van der Waals surface area contributed by atoms with E-state index in [1.54, 1.807) is 92.7 Å². The van der Waals surface area contributed by atoms with Gasteiger partial charge in [-0.05, 0) is 122 Å². The van der Waals surface area contributed by atoms with Crippen molar-refractivity contribution < 1.29 is 26.4 Å². The zero-order valence-corrected chi connectivity index (χ0v) is 38.9. The zero-order valence-electron chi connectivity index (χ0n) is 34.8. The van der Waals surface area contributed by atoms with Crippen LogP contribution in [0.4, 0.5) is 0 Å². The lowest BCUT2D eigenvalue weighted by atomic mass is 9.84. The van der Waals surface area contributed by atoms with Gasteiger partial charge in [0.15, 0.2) is 0 Å². The van der Waals surface area contributed by atoms with Gasteiger partial charge in [0.2, 0.25) is 11.8 Å². The van der Waals surface area contributed by atoms with Gasteiger partial charge in [0.1, 0.15) is 4.21 Å². The number of para-hydroxylation sites is 2. The summed E-state index contributed by atoms with van der Waals surface area (Å²) in [5, 5.41) is 11.3. The molecule has 4 heterocycles. The fourth-order valence-corrected chi connectivity index (χ4v) is 13.1. The molecule has 64 heavy (non-hydrogen) atoms. The van der Waals surface area contributed by atoms with Crippen LogP contribution in [-0.2, 0) is 42.5 Å². The molecule has 0 radical (unpaired) electrons. The van der Waals surface area contributed by atoms with Crippen molar-refractivity contribution in [2.45, 2.75) is 63.0 Å². The van der Waals surface area contributed by atoms with Crippen LogP contribution in [0.25, 0.3) is 11.4 Å². The van der Waals surface area contributed by atoms with E-state index in [0.29, 0.717) is 39.8 Å². The highest BCUT2D eigenvalue weighted by molar-refractivity contribution is 8.03. The molecule has 326 valence electrons. The summed E-state index contributed by atoms with van der Waals surface area (Å²) in [5.41, 5.74) is 4.95. The molecule has 8 rings (SSSR count). The van der Waals surface area contributed by atoms with Crippen LogP contribution in [0.15, 0.2) is 168 Å². The highest BCUT2D eigenvalue weighted by Crippen LogP contribution is 2.40. The summed E-state index contributed by atoms with van der Waals surface area (Å²) in [7, 11) is -9.15. The van der Waals surface area contributed by atoms with Crippen LogP contribution in [0.3, 0.4) is 0 Å². The van der Waals surface area contributed by atoms with Crippen LogP contribution in [0.2, 0.25) is 0 Å². The molecular formula is C47H42N6O6S5. The fourth-order valence-electron chi connectivity index (χ4n) is 7.38. The van der Waals surface area contributed by atoms with Crippen molar-refractivity contribution in [3.05, 3.63) is 190 Å². The zero-order chi connectivity index (χ0) is 45.0. The monoisotopic (exact) mass is 946 g/mol. The van der Waals surface area contributed by atoms with Crippen LogP contribution >= 0.6 is 34.4 Å². The molecule has 4 aromatic heterocycles. The fraction of sp³-hybridized carbons (Fsp3) is 0.149. The Morgan fingerprint density at radius 3 is 1.70 bits per heavy atom. The number of benzene rings is 4. The quantitative estimate of drug-likeness (QED) is 0.0964. The summed E-state index contributed by atoms with van der Waals surface area (Å²) in [6.45, 7) is 5.31. The number of hydrogen-bond donors (Lipinski definition) is 2. The third-order valence-corrected chi connectivity index (χ3v) is 16.8. The summed E-state index contributed by atoms with van der Waals surface area (Å²) in [5.74, 6) is -5.59. The second-order valence-electron chi connectivity index (χ2n) is 15.0. The van der Waals surface area contributed by atoms with Crippen LogP contribution in [0, 0.1) is 20.8 Å². The number of hydrogen-bond acceptors (Lipinski definition) is 11. The van der Waals surface area contributed by atoms with Gasteiger partial charge in [-0.2, -0.15) is 10.2 Å². The molecule has 0 aliphatic heterocycles. The lowest BCUT2D eigenvalue weighted by Crippen LogP contribution is -2.44. The first-order chi connectivity index (χ1) is 30.8. The van der Waals surface area contributed by atoms with Gasteiger partial charge < -0.3 is 0 Å². The SMILES string of the molecule is Cc1cc(C(C(=O)NS(=O)(=O)c2ccc(C)c(CCc3ccccc3)c2)C(C(=O)NS(=O)(=O)c2ccc(Sc3cccs3)s2)c2cc(C)nn2-c2ccccc2)n(-c2ccccc2)n1. The minimum atomic E-state index is -4.60. The largest absolute Gasteiger partial charge is 0.273 e. The van der Waals surface area contributed by atoms with Gasteiger partial charge in [0.25, 0.3) is 20.0 Å². The average Bonchev–Trinajstić information content (AvgIpc) is 4.12. The van der Waals surface area contributed by atoms with Gasteiger partial charge >= 0.3 is 0 Å². The van der Waals surface area contributed by atoms with Gasteiger partial charge in [-0.15, -0.1) is 22.7 Å². The summed E-state index contributed by atoms with van der Waals surface area (Å²) in [6, 6.07) is 42.3. The van der Waals surface area contributed by atoms with E-state index in [0.717, 1.165) is 32.2 Å². The molecule has 2 amide bonds. The van der Waals surface area contributed by atoms with E-state index in [1.807, 2.05) is 66.9 Å². The number of aryl methyl sites for hydroxylation is 5. The molecule has 0 fully saturated rings. The Morgan fingerprint density at radius 1 is 0.609 bits per heavy atom. The van der Waals surface area contributed by atoms with Crippen molar-refractivity contribution in [1.82, 2.24) is 29.0 Å². The van der Waals surface area contributed by atoms with Gasteiger partial charge in [-0.3, -0.25) is 9.59 Å². The molecule has 0 saturated heterocycles. The number of thiophene rings is 2. The Labute approximate surface area is 384 Å². The molecule has 17 heteroatoms. The number of amides is 2. The maximum Gasteiger partial charge on any atom is 0.273 e. The molecule has 2 N–H and O–H groups in total. The molecule has 2 atom stereocenters. The summed E-state index contributed by atoms with van der Waals surface area (Å²) < 4.78 is 66.4. The second-order valence-corrected chi connectivity index (χ2v) is 22.2. The van der Waals surface area contributed by atoms with Crippen molar-refractivity contribution in [2.75, 3.05) is 0 Å². The molecule has 0 bridgehead atoms. The molecule has 0 spiro atoms. The Hall–Kier alpha value is -6.11. The Kier molecular flexibility index (Phi) is 13.2. The van der Waals surface area contributed by atoms with E-state index in [-0.39, 0.29) is 20.5 Å². The van der Waals surface area contributed by atoms with Crippen molar-refractivity contribution in [3.8, 4) is 11.4 Å². The van der Waals surface area contributed by atoms with Crippen LogP contribution in [-0.4, -0.2) is 48.2 Å². The highest BCUT2D eigenvalue weighted by Gasteiger charge is 2.44. The maximum absolute atomic E-state index is 15.3. The third-order valence-electron chi connectivity index (χ3n) is 10.4. The van der Waals surface area contributed by atoms with Crippen molar-refractivity contribution >= 4 is 66.3 Å². The first kappa shape index (κ1) is 44.5. The maximum atomic E-state index is 15.3. The predicted octanol–water partition coefficient (Wildman–Crippen LogP) is 8.92. The molecule has 0 saturated carbocycles. The van der Waals surface area contributed by atoms with Crippen molar-refractivity contribution in [2.24, 2.45) is 0 Å². The standard InChI is InChI=1S/C47H42N6O6S5/c1-31-21-24-38(30-35(31)23-22-34-14-7-4-8-15-34)63(56,57)50-46(54)44(39-28-32(2)48-52(39)36-16-9-5-10-17-36)45(40-29-33(3)49-53(40)37-18-11-6-12-19-37)47(55)51-64(58,59)43-26-25-42(62-43)61-41-20-13-27-60-41/h4-21,24-30,44-45H,22-23H2,1-3H3,(H,50,54)(H,51,55). The number of sulfonamides is 2. The minimum absolute atomic E-state index is 0.123. The van der Waals surface area contributed by atoms with E-state index in [9.17, 15) is 16.8 Å². The van der Waals surface area contributed by atoms with E-state index < -0.39 is 43.7 Å². The average molecular weight is 947 g/mol. The topological polar surface area (TPSA) is 162 Å². The molecule has 0 aliphatic carbocycles. The number of carbonyl (C=O) groups excluding carboxylic acids is 2. The Balaban J connectivity index is 1.24. The predicted molar refractivity (Wildman–Crippen MR) is 251 cm³/mol. The molecular weight excluding hydrogens is 905 g/mol. The number of carbonyl (C=O) groups is 2. The Bertz CT molecular complexity index is 3150. The molecule has 2 unspecified atom stereocenters. The van der Waals surface area contributed by atoms with E-state index >= 15 is 9.59 Å². The molecule has 0 aliphatic rings. The van der Waals surface area contributed by atoms with Crippen LogP contribution in [0.1, 0.15) is 51.3 Å². The van der Waals surface area contributed by atoms with E-state index in [2.05, 4.69) is 9.44 Å². The normalized spacial score (nSPS) is 12.7. The number of aromatic nitrogens is 4. The summed E-state index contributed by atoms with van der Waals surface area (Å²) in [4.78, 5) is 30.3. The number of nitrogens with one attached hydrogen (secondary N) is 2. The smallest absolute Gasteiger partial charge is 0.273 e. The first-order valence-corrected chi connectivity index (χ1v) is 25.6. The molecule has 8 aromatic rings. The van der Waals surface area contributed by atoms with E-state index in [1.165, 1.54) is 44.6 Å². The summed E-state index contributed by atoms with van der Waals surface area (Å²) >= 11 is 3.90. The summed E-state index contributed by atoms with van der Waals surface area (Å²) in [6.07, 6.45) is 1.21. The number of nitrogens with zero attached hydrogens (tertiary/aromatic N) is 4. The molecule has 12 nitrogen and oxygen atoms in total. The van der Waals surface area contributed by atoms with Crippen LogP contribution < -0.4 is 9.44 Å². The first-order valence-electron chi connectivity index (χ1n) is 20.1. The lowest BCUT2D eigenvalue weighted by Gasteiger charge is -2.27. The number of rotatable bonds is 16. The highest BCUT2D eigenvalue weighted by atomic mass is 32.3. The van der Waals surface area contributed by atoms with Crippen molar-refractivity contribution in [3.63, 3.8) is 0 Å². The van der Waals surface area contributed by atoms with Gasteiger partial charge in [0, 0.05) is 0 Å².